The normalized spacial score (nSPS) is 14.1. The first-order valence-corrected chi connectivity index (χ1v) is 4.37. The Balaban J connectivity index is 2.68. The highest BCUT2D eigenvalue weighted by molar-refractivity contribution is 8.10. The molecule has 0 heterocycles. The van der Waals surface area contributed by atoms with Crippen LogP contribution < -0.4 is 0 Å². The van der Waals surface area contributed by atoms with Crippen molar-refractivity contribution < 1.29 is 0 Å². The van der Waals surface area contributed by atoms with Gasteiger partial charge in [0.05, 0.1) is 0 Å². The van der Waals surface area contributed by atoms with Gasteiger partial charge in [-0.25, -0.2) is 0 Å². The van der Waals surface area contributed by atoms with E-state index in [0.29, 0.717) is 4.58 Å². The molecule has 0 bridgehead atoms. The quantitative estimate of drug-likeness (QED) is 0.463. The van der Waals surface area contributed by atoms with Crippen molar-refractivity contribution in [2.75, 3.05) is 11.5 Å². The molecule has 0 aliphatic carbocycles. The van der Waals surface area contributed by atoms with Crippen molar-refractivity contribution in [1.82, 2.24) is 0 Å². The standard InChI is InChI=1S/C4H10S3/c1-4(6)7-3-2-5/h4-6H,2-3H2,1H3. The van der Waals surface area contributed by atoms with Crippen molar-refractivity contribution in [3.63, 3.8) is 0 Å². The summed E-state index contributed by atoms with van der Waals surface area (Å²) >= 11 is 10.0. The van der Waals surface area contributed by atoms with Crippen molar-refractivity contribution in [2.24, 2.45) is 0 Å². The van der Waals surface area contributed by atoms with Gasteiger partial charge in [-0.2, -0.15) is 25.3 Å². The zero-order valence-corrected chi connectivity index (χ0v) is 6.90. The Morgan fingerprint density at radius 1 is 1.71 bits per heavy atom. The van der Waals surface area contributed by atoms with Crippen molar-refractivity contribution in [3.05, 3.63) is 0 Å². The van der Waals surface area contributed by atoms with Gasteiger partial charge in [-0.1, -0.05) is 0 Å². The number of thiol groups is 2. The first kappa shape index (κ1) is 8.05. The van der Waals surface area contributed by atoms with E-state index in [4.69, 9.17) is 0 Å². The zero-order chi connectivity index (χ0) is 5.70. The molecule has 0 nitrogen and oxygen atoms in total. The fourth-order valence-corrected chi connectivity index (χ4v) is 1.30. The second-order valence-electron chi connectivity index (χ2n) is 1.19. The fraction of sp³-hybridized carbons (Fsp3) is 1.00. The molecule has 0 aliphatic heterocycles. The predicted molar refractivity (Wildman–Crippen MR) is 44.8 cm³/mol. The average molecular weight is 154 g/mol. The zero-order valence-electron chi connectivity index (χ0n) is 4.29. The number of rotatable bonds is 3. The Morgan fingerprint density at radius 3 is 2.43 bits per heavy atom. The van der Waals surface area contributed by atoms with E-state index in [1.54, 1.807) is 0 Å². The lowest BCUT2D eigenvalue weighted by molar-refractivity contribution is 1.41. The fourth-order valence-electron chi connectivity index (χ4n) is 0.223. The van der Waals surface area contributed by atoms with Crippen LogP contribution in [-0.2, 0) is 0 Å². The molecule has 1 unspecified atom stereocenters. The van der Waals surface area contributed by atoms with Crippen molar-refractivity contribution in [1.29, 1.82) is 0 Å². The Bertz CT molecular complexity index is 35.9. The lowest BCUT2D eigenvalue weighted by atomic mass is 10.9. The largest absolute Gasteiger partial charge is 0.179 e. The van der Waals surface area contributed by atoms with Gasteiger partial charge >= 0.3 is 0 Å². The topological polar surface area (TPSA) is 0 Å². The smallest absolute Gasteiger partial charge is 0.0444 e. The summed E-state index contributed by atoms with van der Waals surface area (Å²) in [6, 6.07) is 0. The lowest BCUT2D eigenvalue weighted by Gasteiger charge is -1.98. The van der Waals surface area contributed by atoms with Gasteiger partial charge in [0.25, 0.3) is 0 Å². The second kappa shape index (κ2) is 5.19. The molecule has 0 amide bonds. The van der Waals surface area contributed by atoms with Gasteiger partial charge in [0.2, 0.25) is 0 Å². The monoisotopic (exact) mass is 154 g/mol. The van der Waals surface area contributed by atoms with Crippen LogP contribution in [0, 0.1) is 0 Å². The molecule has 0 aromatic rings. The molecular weight excluding hydrogens is 144 g/mol. The summed E-state index contributed by atoms with van der Waals surface area (Å²) in [7, 11) is 0. The maximum atomic E-state index is 4.16. The lowest BCUT2D eigenvalue weighted by Crippen LogP contribution is -1.85. The molecule has 0 fully saturated rings. The Kier molecular flexibility index (Phi) is 5.97. The van der Waals surface area contributed by atoms with Crippen LogP contribution in [0.25, 0.3) is 0 Å². The average Bonchev–Trinajstić information content (AvgIpc) is 1.61. The Morgan fingerprint density at radius 2 is 2.29 bits per heavy atom. The van der Waals surface area contributed by atoms with Crippen LogP contribution in [0.5, 0.6) is 0 Å². The van der Waals surface area contributed by atoms with Crippen LogP contribution in [0.4, 0.5) is 0 Å². The maximum absolute atomic E-state index is 4.16. The highest BCUT2D eigenvalue weighted by Crippen LogP contribution is 2.12. The molecule has 0 spiro atoms. The van der Waals surface area contributed by atoms with Crippen molar-refractivity contribution >= 4 is 37.0 Å². The molecule has 7 heavy (non-hydrogen) atoms. The van der Waals surface area contributed by atoms with Crippen LogP contribution in [0.3, 0.4) is 0 Å². The maximum Gasteiger partial charge on any atom is 0.0444 e. The summed E-state index contributed by atoms with van der Waals surface area (Å²) in [5.41, 5.74) is 0. The van der Waals surface area contributed by atoms with Crippen LogP contribution >= 0.6 is 37.0 Å². The second-order valence-corrected chi connectivity index (χ2v) is 4.21. The third-order valence-electron chi connectivity index (χ3n) is 0.450. The van der Waals surface area contributed by atoms with Gasteiger partial charge in [-0.3, -0.25) is 0 Å². The van der Waals surface area contributed by atoms with Crippen LogP contribution in [0.15, 0.2) is 0 Å². The number of hydrogen-bond acceptors (Lipinski definition) is 3. The molecule has 0 saturated carbocycles. The summed E-state index contributed by atoms with van der Waals surface area (Å²) in [4.78, 5) is 0. The molecule has 3 heteroatoms. The SMILES string of the molecule is CC(S)SCCS. The molecule has 0 radical (unpaired) electrons. The minimum absolute atomic E-state index is 0.465. The van der Waals surface area contributed by atoms with Gasteiger partial charge in [-0.15, -0.1) is 11.8 Å². The predicted octanol–water partition coefficient (Wildman–Crippen LogP) is 1.93. The van der Waals surface area contributed by atoms with Gasteiger partial charge in [0.1, 0.15) is 0 Å². The summed E-state index contributed by atoms with van der Waals surface area (Å²) in [6.45, 7) is 2.07. The van der Waals surface area contributed by atoms with Crippen LogP contribution in [0.2, 0.25) is 0 Å². The molecule has 0 rings (SSSR count). The third kappa shape index (κ3) is 7.05. The van der Waals surface area contributed by atoms with Gasteiger partial charge in [0, 0.05) is 10.3 Å². The minimum atomic E-state index is 0.465. The molecule has 44 valence electrons. The Labute approximate surface area is 60.3 Å². The van der Waals surface area contributed by atoms with E-state index in [0.717, 1.165) is 11.5 Å². The van der Waals surface area contributed by atoms with E-state index in [2.05, 4.69) is 32.2 Å². The first-order valence-electron chi connectivity index (χ1n) is 2.18. The minimum Gasteiger partial charge on any atom is -0.179 e. The summed E-state index contributed by atoms with van der Waals surface area (Å²) in [5, 5.41) is 0. The molecule has 0 aromatic carbocycles. The summed E-state index contributed by atoms with van der Waals surface area (Å²) < 4.78 is 0.465. The highest BCUT2D eigenvalue weighted by Gasteiger charge is 1.89. The Hall–Kier alpha value is 1.05. The highest BCUT2D eigenvalue weighted by atomic mass is 32.2. The summed E-state index contributed by atoms with van der Waals surface area (Å²) in [6.07, 6.45) is 0. The molecule has 0 saturated heterocycles. The van der Waals surface area contributed by atoms with E-state index < -0.39 is 0 Å². The van der Waals surface area contributed by atoms with E-state index >= 15 is 0 Å². The van der Waals surface area contributed by atoms with Gasteiger partial charge in [0.15, 0.2) is 0 Å². The van der Waals surface area contributed by atoms with Gasteiger partial charge in [-0.05, 0) is 12.7 Å². The molecule has 1 atom stereocenters. The van der Waals surface area contributed by atoms with Crippen LogP contribution in [0.1, 0.15) is 6.92 Å². The van der Waals surface area contributed by atoms with E-state index in [9.17, 15) is 0 Å². The van der Waals surface area contributed by atoms with Crippen LogP contribution in [-0.4, -0.2) is 16.1 Å². The van der Waals surface area contributed by atoms with Gasteiger partial charge < -0.3 is 0 Å². The third-order valence-corrected chi connectivity index (χ3v) is 2.35. The number of hydrogen-bond donors (Lipinski definition) is 2. The van der Waals surface area contributed by atoms with E-state index in [1.165, 1.54) is 0 Å². The molecular formula is C4H10S3. The first-order chi connectivity index (χ1) is 3.27. The molecule has 0 aliphatic rings. The van der Waals surface area contributed by atoms with E-state index in [1.807, 2.05) is 11.8 Å². The number of thioether (sulfide) groups is 1. The molecule has 0 N–H and O–H groups in total. The molecule has 0 aromatic heterocycles. The van der Waals surface area contributed by atoms with Crippen molar-refractivity contribution in [2.45, 2.75) is 11.5 Å². The van der Waals surface area contributed by atoms with E-state index in [-0.39, 0.29) is 0 Å². The summed E-state index contributed by atoms with van der Waals surface area (Å²) in [5.74, 6) is 2.06. The van der Waals surface area contributed by atoms with Crippen molar-refractivity contribution in [3.8, 4) is 0 Å².